The van der Waals surface area contributed by atoms with Crippen LogP contribution in [0.5, 0.6) is 0 Å². The third-order valence-electron chi connectivity index (χ3n) is 4.28. The van der Waals surface area contributed by atoms with Crippen LogP contribution in [0.25, 0.3) is 17.0 Å². The fourth-order valence-corrected chi connectivity index (χ4v) is 2.85. The Morgan fingerprint density at radius 1 is 1.07 bits per heavy atom. The highest BCUT2D eigenvalue weighted by molar-refractivity contribution is 6.05. The van der Waals surface area contributed by atoms with Crippen molar-refractivity contribution >= 4 is 23.1 Å². The molecule has 2 heterocycles. The molecule has 0 aliphatic rings. The fourth-order valence-electron chi connectivity index (χ4n) is 2.85. The van der Waals surface area contributed by atoms with Crippen molar-refractivity contribution in [3.05, 3.63) is 78.8 Å². The fraction of sp³-hybridized carbons (Fsp3) is 0.0952. The molecule has 0 saturated heterocycles. The summed E-state index contributed by atoms with van der Waals surface area (Å²) in [5.41, 5.74) is 4.04. The molecule has 2 aromatic heterocycles. The van der Waals surface area contributed by atoms with E-state index in [0.29, 0.717) is 11.3 Å². The van der Waals surface area contributed by atoms with Gasteiger partial charge in [0.25, 0.3) is 5.91 Å². The average Bonchev–Trinajstić information content (AvgIpc) is 3.12. The van der Waals surface area contributed by atoms with E-state index in [-0.39, 0.29) is 5.91 Å². The predicted molar refractivity (Wildman–Crippen MR) is 107 cm³/mol. The summed E-state index contributed by atoms with van der Waals surface area (Å²) in [6.45, 7) is 0. The molecular weight excluding hydrogens is 338 g/mol. The highest BCUT2D eigenvalue weighted by Gasteiger charge is 2.10. The molecule has 0 aliphatic heterocycles. The van der Waals surface area contributed by atoms with Gasteiger partial charge < -0.3 is 10.2 Å². The van der Waals surface area contributed by atoms with Gasteiger partial charge in [-0.25, -0.2) is 9.97 Å². The van der Waals surface area contributed by atoms with Crippen LogP contribution in [0, 0.1) is 0 Å². The standard InChI is InChI=1S/C21H19N5O/c1-25(2)18-9-4-7-16(13-18)20(27)23-17-8-3-6-15(12-17)19-14-26-11-5-10-22-21(26)24-19/h3-14H,1-2H3,(H,23,27). The minimum Gasteiger partial charge on any atom is -0.378 e. The molecule has 0 spiro atoms. The Balaban J connectivity index is 1.59. The van der Waals surface area contributed by atoms with E-state index in [1.165, 1.54) is 0 Å². The molecule has 0 saturated carbocycles. The summed E-state index contributed by atoms with van der Waals surface area (Å²) in [6.07, 6.45) is 5.54. The van der Waals surface area contributed by atoms with Gasteiger partial charge in [0, 0.05) is 55.2 Å². The second kappa shape index (κ2) is 6.92. The molecule has 134 valence electrons. The van der Waals surface area contributed by atoms with Crippen molar-refractivity contribution in [3.63, 3.8) is 0 Å². The molecular formula is C21H19N5O. The molecule has 0 unspecified atom stereocenters. The van der Waals surface area contributed by atoms with Crippen molar-refractivity contribution < 1.29 is 4.79 Å². The highest BCUT2D eigenvalue weighted by atomic mass is 16.1. The van der Waals surface area contributed by atoms with Crippen LogP contribution in [0.2, 0.25) is 0 Å². The normalized spacial score (nSPS) is 10.7. The van der Waals surface area contributed by atoms with Gasteiger partial charge in [0.1, 0.15) is 0 Å². The smallest absolute Gasteiger partial charge is 0.255 e. The van der Waals surface area contributed by atoms with Crippen LogP contribution < -0.4 is 10.2 Å². The minimum absolute atomic E-state index is 0.146. The zero-order chi connectivity index (χ0) is 18.8. The summed E-state index contributed by atoms with van der Waals surface area (Å²) in [4.78, 5) is 23.3. The van der Waals surface area contributed by atoms with Gasteiger partial charge in [-0.05, 0) is 36.4 Å². The van der Waals surface area contributed by atoms with Crippen LogP contribution in [0.1, 0.15) is 10.4 Å². The van der Waals surface area contributed by atoms with E-state index >= 15 is 0 Å². The lowest BCUT2D eigenvalue weighted by molar-refractivity contribution is 0.102. The third kappa shape index (κ3) is 3.50. The highest BCUT2D eigenvalue weighted by Crippen LogP contribution is 2.23. The Labute approximate surface area is 157 Å². The van der Waals surface area contributed by atoms with Crippen molar-refractivity contribution in [1.29, 1.82) is 0 Å². The van der Waals surface area contributed by atoms with Gasteiger partial charge >= 0.3 is 0 Å². The van der Waals surface area contributed by atoms with Crippen LogP contribution in [-0.2, 0) is 0 Å². The van der Waals surface area contributed by atoms with E-state index in [4.69, 9.17) is 0 Å². The van der Waals surface area contributed by atoms with Crippen molar-refractivity contribution in [1.82, 2.24) is 14.4 Å². The Morgan fingerprint density at radius 2 is 1.93 bits per heavy atom. The maximum absolute atomic E-state index is 12.6. The number of carbonyl (C=O) groups excluding carboxylic acids is 1. The molecule has 0 aliphatic carbocycles. The molecule has 27 heavy (non-hydrogen) atoms. The second-order valence-electron chi connectivity index (χ2n) is 6.43. The van der Waals surface area contributed by atoms with Crippen LogP contribution in [0.15, 0.2) is 73.2 Å². The van der Waals surface area contributed by atoms with Crippen LogP contribution in [0.4, 0.5) is 11.4 Å². The Kier molecular flexibility index (Phi) is 4.30. The van der Waals surface area contributed by atoms with E-state index in [2.05, 4.69) is 15.3 Å². The minimum atomic E-state index is -0.146. The zero-order valence-corrected chi connectivity index (χ0v) is 15.1. The number of benzene rings is 2. The first-order valence-electron chi connectivity index (χ1n) is 8.59. The zero-order valence-electron chi connectivity index (χ0n) is 15.1. The molecule has 0 atom stereocenters. The number of nitrogens with one attached hydrogen (secondary N) is 1. The van der Waals surface area contributed by atoms with Crippen molar-refractivity contribution in [2.24, 2.45) is 0 Å². The van der Waals surface area contributed by atoms with E-state index in [1.807, 2.05) is 84.3 Å². The second-order valence-corrected chi connectivity index (χ2v) is 6.43. The predicted octanol–water partition coefficient (Wildman–Crippen LogP) is 3.71. The van der Waals surface area contributed by atoms with E-state index < -0.39 is 0 Å². The van der Waals surface area contributed by atoms with E-state index in [1.54, 1.807) is 12.3 Å². The maximum atomic E-state index is 12.6. The molecule has 4 aromatic rings. The SMILES string of the molecule is CN(C)c1cccc(C(=O)Nc2cccc(-c3cn4cccnc4n3)c2)c1. The largest absolute Gasteiger partial charge is 0.378 e. The molecule has 2 aromatic carbocycles. The van der Waals surface area contributed by atoms with Gasteiger partial charge in [-0.3, -0.25) is 9.20 Å². The van der Waals surface area contributed by atoms with Crippen LogP contribution in [0.3, 0.4) is 0 Å². The van der Waals surface area contributed by atoms with Crippen molar-refractivity contribution in [2.45, 2.75) is 0 Å². The molecule has 6 nitrogen and oxygen atoms in total. The summed E-state index contributed by atoms with van der Waals surface area (Å²) in [5, 5.41) is 2.96. The molecule has 6 heteroatoms. The summed E-state index contributed by atoms with van der Waals surface area (Å²) >= 11 is 0. The number of imidazole rings is 1. The Bertz CT molecular complexity index is 1080. The molecule has 1 amide bonds. The van der Waals surface area contributed by atoms with Gasteiger partial charge in [-0.1, -0.05) is 18.2 Å². The summed E-state index contributed by atoms with van der Waals surface area (Å²) in [7, 11) is 3.90. The topological polar surface area (TPSA) is 62.5 Å². The number of anilines is 2. The third-order valence-corrected chi connectivity index (χ3v) is 4.28. The quantitative estimate of drug-likeness (QED) is 0.605. The molecule has 4 rings (SSSR count). The van der Waals surface area contributed by atoms with Gasteiger partial charge in [-0.2, -0.15) is 0 Å². The van der Waals surface area contributed by atoms with Crippen molar-refractivity contribution in [3.8, 4) is 11.3 Å². The van der Waals surface area contributed by atoms with Crippen LogP contribution in [-0.4, -0.2) is 34.4 Å². The summed E-state index contributed by atoms with van der Waals surface area (Å²) in [6, 6.07) is 17.0. The van der Waals surface area contributed by atoms with Gasteiger partial charge in [0.05, 0.1) is 5.69 Å². The number of carbonyl (C=O) groups is 1. The lowest BCUT2D eigenvalue weighted by atomic mass is 10.1. The molecule has 0 fully saturated rings. The lowest BCUT2D eigenvalue weighted by Crippen LogP contribution is -2.14. The average molecular weight is 357 g/mol. The van der Waals surface area contributed by atoms with Crippen LogP contribution >= 0.6 is 0 Å². The molecule has 1 N–H and O–H groups in total. The number of hydrogen-bond acceptors (Lipinski definition) is 4. The Morgan fingerprint density at radius 3 is 2.74 bits per heavy atom. The van der Waals surface area contributed by atoms with E-state index in [0.717, 1.165) is 22.6 Å². The summed E-state index contributed by atoms with van der Waals surface area (Å²) < 4.78 is 1.87. The number of rotatable bonds is 4. The number of amides is 1. The van der Waals surface area contributed by atoms with E-state index in [9.17, 15) is 4.79 Å². The number of fused-ring (bicyclic) bond motifs is 1. The van der Waals surface area contributed by atoms with Gasteiger partial charge in [0.2, 0.25) is 5.78 Å². The lowest BCUT2D eigenvalue weighted by Gasteiger charge is -2.13. The first kappa shape index (κ1) is 16.8. The Hall–Kier alpha value is -3.67. The molecule has 0 bridgehead atoms. The van der Waals surface area contributed by atoms with Gasteiger partial charge in [-0.15, -0.1) is 0 Å². The number of nitrogens with zero attached hydrogens (tertiary/aromatic N) is 4. The number of aromatic nitrogens is 3. The maximum Gasteiger partial charge on any atom is 0.255 e. The van der Waals surface area contributed by atoms with Crippen molar-refractivity contribution in [2.75, 3.05) is 24.3 Å². The summed E-state index contributed by atoms with van der Waals surface area (Å²) in [5.74, 6) is 0.495. The first-order chi connectivity index (χ1) is 13.1. The monoisotopic (exact) mass is 357 g/mol. The van der Waals surface area contributed by atoms with Gasteiger partial charge in [0.15, 0.2) is 0 Å². The molecule has 0 radical (unpaired) electrons. The first-order valence-corrected chi connectivity index (χ1v) is 8.59. The number of hydrogen-bond donors (Lipinski definition) is 1.